The summed E-state index contributed by atoms with van der Waals surface area (Å²) >= 11 is 1.06. The molecular weight excluding hydrogens is 408 g/mol. The highest BCUT2D eigenvalue weighted by molar-refractivity contribution is 7.22. The Hall–Kier alpha value is -3.39. The number of benzene rings is 2. The average Bonchev–Trinajstić information content (AvgIpc) is 3.17. The summed E-state index contributed by atoms with van der Waals surface area (Å²) in [5.74, 6) is -0.977. The van der Waals surface area contributed by atoms with Crippen LogP contribution in [0.1, 0.15) is 11.3 Å². The van der Waals surface area contributed by atoms with E-state index >= 15 is 0 Å². The van der Waals surface area contributed by atoms with Crippen molar-refractivity contribution >= 4 is 32.6 Å². The van der Waals surface area contributed by atoms with Gasteiger partial charge in [0, 0.05) is 12.3 Å². The largest absolute Gasteiger partial charge is 0.497 e. The Morgan fingerprint density at radius 3 is 2.63 bits per heavy atom. The first kappa shape index (κ1) is 19.9. The van der Waals surface area contributed by atoms with E-state index in [0.717, 1.165) is 23.0 Å². The molecule has 2 heterocycles. The molecular formula is C22H17F2N3O2S. The van der Waals surface area contributed by atoms with Gasteiger partial charge in [-0.1, -0.05) is 29.5 Å². The number of anilines is 1. The molecule has 0 unspecified atom stereocenters. The lowest BCUT2D eigenvalue weighted by molar-refractivity contribution is -0.118. The van der Waals surface area contributed by atoms with Crippen molar-refractivity contribution in [2.75, 3.05) is 12.0 Å². The molecule has 0 fully saturated rings. The Morgan fingerprint density at radius 2 is 1.93 bits per heavy atom. The summed E-state index contributed by atoms with van der Waals surface area (Å²) in [5, 5.41) is 0.290. The number of ether oxygens (including phenoxy) is 1. The lowest BCUT2D eigenvalue weighted by atomic mass is 10.1. The second-order valence-corrected chi connectivity index (χ2v) is 7.57. The Bertz CT molecular complexity index is 1180. The quantitative estimate of drug-likeness (QED) is 0.447. The zero-order valence-corrected chi connectivity index (χ0v) is 16.8. The number of amides is 1. The SMILES string of the molecule is COc1ccc(CC(=O)N(Cc2ccccn2)c2nc3c(F)cc(F)cc3s2)cc1. The molecule has 8 heteroatoms. The summed E-state index contributed by atoms with van der Waals surface area (Å²) < 4.78 is 33.2. The lowest BCUT2D eigenvalue weighted by Gasteiger charge is -2.19. The summed E-state index contributed by atoms with van der Waals surface area (Å²) in [7, 11) is 1.57. The first-order chi connectivity index (χ1) is 14.5. The summed E-state index contributed by atoms with van der Waals surface area (Å²) in [6.45, 7) is 0.166. The standard InChI is InChI=1S/C22H17F2N3O2S/c1-29-17-7-5-14(6-8-17)10-20(28)27(13-16-4-2-3-9-25-16)22-26-21-18(24)11-15(23)12-19(21)30-22/h2-9,11-12H,10,13H2,1H3. The molecule has 0 saturated heterocycles. The molecule has 4 rings (SSSR count). The van der Waals surface area contributed by atoms with Crippen LogP contribution in [0.25, 0.3) is 10.2 Å². The van der Waals surface area contributed by atoms with E-state index in [0.29, 0.717) is 21.3 Å². The molecule has 0 radical (unpaired) electrons. The fourth-order valence-electron chi connectivity index (χ4n) is 2.99. The number of halogens is 2. The van der Waals surface area contributed by atoms with E-state index in [4.69, 9.17) is 4.74 Å². The normalized spacial score (nSPS) is 10.9. The molecule has 0 aliphatic carbocycles. The average molecular weight is 425 g/mol. The summed E-state index contributed by atoms with van der Waals surface area (Å²) in [6, 6.07) is 14.6. The van der Waals surface area contributed by atoms with Crippen LogP contribution in [0.3, 0.4) is 0 Å². The van der Waals surface area contributed by atoms with Crippen LogP contribution < -0.4 is 9.64 Å². The van der Waals surface area contributed by atoms with Gasteiger partial charge in [0.05, 0.1) is 30.5 Å². The number of thiazole rings is 1. The second-order valence-electron chi connectivity index (χ2n) is 6.56. The fourth-order valence-corrected chi connectivity index (χ4v) is 4.01. The molecule has 0 aliphatic rings. The van der Waals surface area contributed by atoms with Gasteiger partial charge in [0.1, 0.15) is 17.1 Å². The van der Waals surface area contributed by atoms with Crippen molar-refractivity contribution in [3.05, 3.63) is 83.7 Å². The molecule has 1 amide bonds. The van der Waals surface area contributed by atoms with Crippen molar-refractivity contribution in [2.45, 2.75) is 13.0 Å². The molecule has 4 aromatic rings. The topological polar surface area (TPSA) is 55.3 Å². The molecule has 2 aromatic carbocycles. The number of pyridine rings is 1. The lowest BCUT2D eigenvalue weighted by Crippen LogP contribution is -2.32. The van der Waals surface area contributed by atoms with Crippen molar-refractivity contribution in [1.82, 2.24) is 9.97 Å². The highest BCUT2D eigenvalue weighted by Gasteiger charge is 2.22. The van der Waals surface area contributed by atoms with Crippen molar-refractivity contribution in [3.63, 3.8) is 0 Å². The highest BCUT2D eigenvalue weighted by atomic mass is 32.1. The van der Waals surface area contributed by atoms with Crippen LogP contribution in [0, 0.1) is 11.6 Å². The van der Waals surface area contributed by atoms with Gasteiger partial charge < -0.3 is 4.74 Å². The zero-order chi connectivity index (χ0) is 21.1. The van der Waals surface area contributed by atoms with Crippen molar-refractivity contribution < 1.29 is 18.3 Å². The number of carbonyl (C=O) groups excluding carboxylic acids is 1. The summed E-state index contributed by atoms with van der Waals surface area (Å²) in [4.78, 5) is 23.2. The number of nitrogens with zero attached hydrogens (tertiary/aromatic N) is 3. The minimum absolute atomic E-state index is 0.0414. The predicted octanol–water partition coefficient (Wildman–Crippen LogP) is 4.75. The fraction of sp³-hybridized carbons (Fsp3) is 0.136. The van der Waals surface area contributed by atoms with E-state index in [1.807, 2.05) is 18.2 Å². The molecule has 0 N–H and O–H groups in total. The van der Waals surface area contributed by atoms with Crippen LogP contribution in [0.2, 0.25) is 0 Å². The van der Waals surface area contributed by atoms with Crippen LogP contribution >= 0.6 is 11.3 Å². The van der Waals surface area contributed by atoms with Gasteiger partial charge >= 0.3 is 0 Å². The number of hydrogen-bond acceptors (Lipinski definition) is 5. The Labute approximate surface area is 175 Å². The third kappa shape index (κ3) is 4.28. The number of methoxy groups -OCH3 is 1. The van der Waals surface area contributed by atoms with E-state index in [1.165, 1.54) is 11.0 Å². The molecule has 0 saturated carbocycles. The minimum Gasteiger partial charge on any atom is -0.497 e. The Kier molecular flexibility index (Phi) is 5.67. The molecule has 0 spiro atoms. The molecule has 5 nitrogen and oxygen atoms in total. The minimum atomic E-state index is -0.757. The zero-order valence-electron chi connectivity index (χ0n) is 16.0. The Morgan fingerprint density at radius 1 is 1.13 bits per heavy atom. The van der Waals surface area contributed by atoms with Crippen LogP contribution in [0.5, 0.6) is 5.75 Å². The van der Waals surface area contributed by atoms with Gasteiger partial charge in [-0.3, -0.25) is 14.7 Å². The van der Waals surface area contributed by atoms with Crippen LogP contribution in [-0.4, -0.2) is 23.0 Å². The Balaban J connectivity index is 1.68. The second kappa shape index (κ2) is 8.54. The third-order valence-corrected chi connectivity index (χ3v) is 5.52. The van der Waals surface area contributed by atoms with Gasteiger partial charge in [0.25, 0.3) is 0 Å². The van der Waals surface area contributed by atoms with Gasteiger partial charge in [0.15, 0.2) is 10.9 Å². The smallest absolute Gasteiger partial charge is 0.233 e. The molecule has 0 bridgehead atoms. The van der Waals surface area contributed by atoms with Crippen LogP contribution in [0.4, 0.5) is 13.9 Å². The van der Waals surface area contributed by atoms with Gasteiger partial charge in [-0.25, -0.2) is 13.8 Å². The monoisotopic (exact) mass is 425 g/mol. The van der Waals surface area contributed by atoms with E-state index in [1.54, 1.807) is 37.6 Å². The van der Waals surface area contributed by atoms with Crippen molar-refractivity contribution in [3.8, 4) is 5.75 Å². The van der Waals surface area contributed by atoms with Crippen molar-refractivity contribution in [1.29, 1.82) is 0 Å². The van der Waals surface area contributed by atoms with Crippen molar-refractivity contribution in [2.24, 2.45) is 0 Å². The van der Waals surface area contributed by atoms with Gasteiger partial charge in [-0.15, -0.1) is 0 Å². The molecule has 0 atom stereocenters. The highest BCUT2D eigenvalue weighted by Crippen LogP contribution is 2.32. The maximum Gasteiger partial charge on any atom is 0.233 e. The van der Waals surface area contributed by atoms with E-state index in [-0.39, 0.29) is 24.4 Å². The number of aromatic nitrogens is 2. The summed E-state index contributed by atoms with van der Waals surface area (Å²) in [6.07, 6.45) is 1.75. The molecule has 30 heavy (non-hydrogen) atoms. The maximum atomic E-state index is 14.1. The maximum absolute atomic E-state index is 14.1. The van der Waals surface area contributed by atoms with E-state index in [9.17, 15) is 13.6 Å². The van der Waals surface area contributed by atoms with Crippen LogP contribution in [0.15, 0.2) is 60.8 Å². The number of carbonyl (C=O) groups is 1. The molecule has 0 aliphatic heterocycles. The molecule has 152 valence electrons. The van der Waals surface area contributed by atoms with Gasteiger partial charge in [0.2, 0.25) is 5.91 Å². The first-order valence-electron chi connectivity index (χ1n) is 9.12. The van der Waals surface area contributed by atoms with Crippen LogP contribution in [-0.2, 0) is 17.8 Å². The van der Waals surface area contributed by atoms with Gasteiger partial charge in [-0.05, 0) is 35.9 Å². The van der Waals surface area contributed by atoms with E-state index < -0.39 is 11.6 Å². The number of fused-ring (bicyclic) bond motifs is 1. The third-order valence-electron chi connectivity index (χ3n) is 4.49. The number of hydrogen-bond donors (Lipinski definition) is 0. The van der Waals surface area contributed by atoms with E-state index in [2.05, 4.69) is 9.97 Å². The summed E-state index contributed by atoms with van der Waals surface area (Å²) in [5.41, 5.74) is 1.50. The number of rotatable bonds is 6. The predicted molar refractivity (Wildman–Crippen MR) is 112 cm³/mol. The van der Waals surface area contributed by atoms with Gasteiger partial charge in [-0.2, -0.15) is 0 Å². The first-order valence-corrected chi connectivity index (χ1v) is 9.94. The molecule has 2 aromatic heterocycles.